The molecule has 0 aliphatic heterocycles. The average Bonchev–Trinajstić information content (AvgIpc) is 2.64. The van der Waals surface area contributed by atoms with E-state index >= 15 is 0 Å². The number of thiocarbonyl (C=S) groups is 2. The first-order chi connectivity index (χ1) is 12.9. The van der Waals surface area contributed by atoms with Gasteiger partial charge in [0.15, 0.2) is 11.5 Å². The Morgan fingerprint density at radius 2 is 1.48 bits per heavy atom. The standard InChI is InChI=1S/C20H24N2O3S2/c1-12-7-6-8-15(13(12)2)22-19(27)11-18(26)21-14-9-16(23-3)20(25-5)17(10-14)24-4/h6-10H,11H2,1-5H3,(H,21,26)(H,22,27). The molecule has 0 bridgehead atoms. The minimum Gasteiger partial charge on any atom is -0.493 e. The summed E-state index contributed by atoms with van der Waals surface area (Å²) in [7, 11) is 4.71. The van der Waals surface area contributed by atoms with Gasteiger partial charge in [-0.15, -0.1) is 0 Å². The predicted octanol–water partition coefficient (Wildman–Crippen LogP) is 4.90. The molecule has 0 aromatic heterocycles. The van der Waals surface area contributed by atoms with Crippen LogP contribution in [0.4, 0.5) is 11.4 Å². The zero-order valence-electron chi connectivity index (χ0n) is 16.1. The highest BCUT2D eigenvalue weighted by Crippen LogP contribution is 2.40. The van der Waals surface area contributed by atoms with Gasteiger partial charge in [0.1, 0.15) is 0 Å². The molecule has 2 aromatic rings. The van der Waals surface area contributed by atoms with Crippen molar-refractivity contribution in [3.8, 4) is 17.2 Å². The normalized spacial score (nSPS) is 10.1. The average molecular weight is 405 g/mol. The van der Waals surface area contributed by atoms with Crippen molar-refractivity contribution in [2.75, 3.05) is 32.0 Å². The van der Waals surface area contributed by atoms with Gasteiger partial charge in [0.2, 0.25) is 5.75 Å². The van der Waals surface area contributed by atoms with E-state index in [0.29, 0.717) is 33.6 Å². The first kappa shape index (κ1) is 20.9. The van der Waals surface area contributed by atoms with Crippen LogP contribution in [0.3, 0.4) is 0 Å². The third kappa shape index (κ3) is 5.30. The fraction of sp³-hybridized carbons (Fsp3) is 0.300. The summed E-state index contributed by atoms with van der Waals surface area (Å²) in [6.45, 7) is 4.13. The summed E-state index contributed by atoms with van der Waals surface area (Å²) in [5, 5.41) is 6.44. The smallest absolute Gasteiger partial charge is 0.203 e. The highest BCUT2D eigenvalue weighted by atomic mass is 32.1. The summed E-state index contributed by atoms with van der Waals surface area (Å²) in [5.74, 6) is 1.64. The van der Waals surface area contributed by atoms with Crippen molar-refractivity contribution in [2.45, 2.75) is 20.3 Å². The molecule has 2 rings (SSSR count). The van der Waals surface area contributed by atoms with Crippen molar-refractivity contribution in [3.63, 3.8) is 0 Å². The molecule has 2 N–H and O–H groups in total. The molecule has 0 aliphatic carbocycles. The molecule has 0 aliphatic rings. The van der Waals surface area contributed by atoms with Gasteiger partial charge < -0.3 is 24.8 Å². The first-order valence-corrected chi connectivity index (χ1v) is 9.17. The van der Waals surface area contributed by atoms with E-state index in [-0.39, 0.29) is 0 Å². The molecular weight excluding hydrogens is 380 g/mol. The molecule has 5 nitrogen and oxygen atoms in total. The fourth-order valence-electron chi connectivity index (χ4n) is 2.59. The van der Waals surface area contributed by atoms with Gasteiger partial charge in [-0.1, -0.05) is 36.6 Å². The number of aryl methyl sites for hydroxylation is 1. The molecule has 0 fully saturated rings. The van der Waals surface area contributed by atoms with Crippen LogP contribution in [0, 0.1) is 13.8 Å². The van der Waals surface area contributed by atoms with Gasteiger partial charge in [-0.25, -0.2) is 0 Å². The van der Waals surface area contributed by atoms with Crippen LogP contribution < -0.4 is 24.8 Å². The van der Waals surface area contributed by atoms with Gasteiger partial charge in [-0.05, 0) is 31.0 Å². The molecule has 0 atom stereocenters. The summed E-state index contributed by atoms with van der Waals surface area (Å²) in [6, 6.07) is 9.67. The lowest BCUT2D eigenvalue weighted by molar-refractivity contribution is 0.324. The van der Waals surface area contributed by atoms with Crippen molar-refractivity contribution >= 4 is 45.8 Å². The van der Waals surface area contributed by atoms with E-state index in [1.54, 1.807) is 33.5 Å². The third-order valence-electron chi connectivity index (χ3n) is 4.15. The van der Waals surface area contributed by atoms with Crippen molar-refractivity contribution in [1.29, 1.82) is 0 Å². The van der Waals surface area contributed by atoms with Crippen LogP contribution in [0.15, 0.2) is 30.3 Å². The largest absolute Gasteiger partial charge is 0.493 e. The maximum atomic E-state index is 5.46. The van der Waals surface area contributed by atoms with Crippen LogP contribution in [0.1, 0.15) is 17.5 Å². The van der Waals surface area contributed by atoms with Gasteiger partial charge in [-0.3, -0.25) is 0 Å². The minimum absolute atomic E-state index is 0.425. The summed E-state index contributed by atoms with van der Waals surface area (Å²) in [6.07, 6.45) is 0.425. The summed E-state index contributed by atoms with van der Waals surface area (Å²) < 4.78 is 16.0. The number of nitrogens with one attached hydrogen (secondary N) is 2. The second-order valence-electron chi connectivity index (χ2n) is 5.93. The van der Waals surface area contributed by atoms with E-state index in [1.165, 1.54) is 11.1 Å². The van der Waals surface area contributed by atoms with Crippen LogP contribution in [-0.2, 0) is 0 Å². The Bertz CT molecular complexity index is 828. The van der Waals surface area contributed by atoms with Gasteiger partial charge in [0.25, 0.3) is 0 Å². The molecule has 144 valence electrons. The molecule has 27 heavy (non-hydrogen) atoms. The highest BCUT2D eigenvalue weighted by molar-refractivity contribution is 7.82. The van der Waals surface area contributed by atoms with Gasteiger partial charge in [0.05, 0.1) is 31.3 Å². The maximum absolute atomic E-state index is 5.46. The molecule has 0 heterocycles. The third-order valence-corrected chi connectivity index (χ3v) is 4.64. The highest BCUT2D eigenvalue weighted by Gasteiger charge is 2.14. The van der Waals surface area contributed by atoms with E-state index in [0.717, 1.165) is 11.4 Å². The molecule has 2 aromatic carbocycles. The molecule has 0 spiro atoms. The maximum Gasteiger partial charge on any atom is 0.203 e. The quantitative estimate of drug-likeness (QED) is 0.637. The molecular formula is C20H24N2O3S2. The number of hydrogen-bond donors (Lipinski definition) is 2. The lowest BCUT2D eigenvalue weighted by Crippen LogP contribution is -2.19. The Labute approximate surface area is 171 Å². The van der Waals surface area contributed by atoms with Gasteiger partial charge in [-0.2, -0.15) is 0 Å². The molecule has 7 heteroatoms. The van der Waals surface area contributed by atoms with Crippen molar-refractivity contribution in [1.82, 2.24) is 0 Å². The lowest BCUT2D eigenvalue weighted by atomic mass is 10.1. The number of rotatable bonds is 7. The second kappa shape index (κ2) is 9.53. The Balaban J connectivity index is 2.07. The predicted molar refractivity (Wildman–Crippen MR) is 119 cm³/mol. The Kier molecular flexibility index (Phi) is 7.38. The van der Waals surface area contributed by atoms with Crippen molar-refractivity contribution in [3.05, 3.63) is 41.5 Å². The summed E-state index contributed by atoms with van der Waals surface area (Å²) >= 11 is 10.9. The van der Waals surface area contributed by atoms with E-state index in [4.69, 9.17) is 38.6 Å². The molecule has 0 amide bonds. The van der Waals surface area contributed by atoms with Crippen LogP contribution in [-0.4, -0.2) is 31.3 Å². The lowest BCUT2D eigenvalue weighted by Gasteiger charge is -2.16. The minimum atomic E-state index is 0.425. The number of hydrogen-bond acceptors (Lipinski definition) is 5. The summed E-state index contributed by atoms with van der Waals surface area (Å²) in [4.78, 5) is 1.24. The zero-order chi connectivity index (χ0) is 20.0. The first-order valence-electron chi connectivity index (χ1n) is 8.35. The van der Waals surface area contributed by atoms with Crippen LogP contribution in [0.2, 0.25) is 0 Å². The molecule has 0 radical (unpaired) electrons. The van der Waals surface area contributed by atoms with Gasteiger partial charge >= 0.3 is 0 Å². The topological polar surface area (TPSA) is 51.8 Å². The zero-order valence-corrected chi connectivity index (χ0v) is 17.8. The molecule has 0 unspecified atom stereocenters. The fourth-order valence-corrected chi connectivity index (χ4v) is 3.19. The number of methoxy groups -OCH3 is 3. The van der Waals surface area contributed by atoms with Crippen molar-refractivity contribution < 1.29 is 14.2 Å². The van der Waals surface area contributed by atoms with E-state index < -0.39 is 0 Å². The summed E-state index contributed by atoms with van der Waals surface area (Å²) in [5.41, 5.74) is 4.11. The van der Waals surface area contributed by atoms with Crippen molar-refractivity contribution in [2.24, 2.45) is 0 Å². The van der Waals surface area contributed by atoms with E-state index in [9.17, 15) is 0 Å². The van der Waals surface area contributed by atoms with E-state index in [2.05, 4.69) is 30.5 Å². The monoisotopic (exact) mass is 404 g/mol. The number of anilines is 2. The Morgan fingerprint density at radius 1 is 0.889 bits per heavy atom. The Hall–Kier alpha value is -2.38. The molecule has 0 saturated carbocycles. The van der Waals surface area contributed by atoms with Crippen LogP contribution in [0.5, 0.6) is 17.2 Å². The van der Waals surface area contributed by atoms with E-state index in [1.807, 2.05) is 12.1 Å². The number of ether oxygens (including phenoxy) is 3. The molecule has 0 saturated heterocycles. The second-order valence-corrected chi connectivity index (χ2v) is 6.92. The van der Waals surface area contributed by atoms with Crippen LogP contribution >= 0.6 is 24.4 Å². The SMILES string of the molecule is COc1cc(NC(=S)CC(=S)Nc2cccc(C)c2C)cc(OC)c1OC. The van der Waals surface area contributed by atoms with Gasteiger partial charge in [0, 0.05) is 29.9 Å². The number of benzene rings is 2. The Morgan fingerprint density at radius 3 is 2.04 bits per heavy atom. The van der Waals surface area contributed by atoms with Crippen LogP contribution in [0.25, 0.3) is 0 Å².